The lowest BCUT2D eigenvalue weighted by Crippen LogP contribution is -2.18. The van der Waals surface area contributed by atoms with Crippen LogP contribution in [0.4, 0.5) is 4.39 Å². The largest absolute Gasteiger partial charge is 0.455 e. The van der Waals surface area contributed by atoms with Crippen LogP contribution in [-0.4, -0.2) is 19.5 Å². The van der Waals surface area contributed by atoms with Crippen LogP contribution in [0.5, 0.6) is 0 Å². The number of hydrogen-bond acceptors (Lipinski definition) is 3. The molecule has 3 aromatic rings. The number of rotatable bonds is 7. The molecular weight excluding hydrogens is 355 g/mol. The fourth-order valence-corrected chi connectivity index (χ4v) is 3.71. The maximum Gasteiger partial charge on any atom is 0.255 e. The molecule has 5 heteroatoms. The molecule has 28 heavy (non-hydrogen) atoms. The molecule has 1 aromatic heterocycles. The molecule has 3 rings (SSSR count). The second kappa shape index (κ2) is 8.57. The van der Waals surface area contributed by atoms with Crippen LogP contribution in [0.1, 0.15) is 53.6 Å². The van der Waals surface area contributed by atoms with E-state index < -0.39 is 0 Å². The quantitative estimate of drug-likeness (QED) is 0.594. The van der Waals surface area contributed by atoms with Crippen molar-refractivity contribution in [3.05, 3.63) is 58.9 Å². The highest BCUT2D eigenvalue weighted by molar-refractivity contribution is 6.11. The van der Waals surface area contributed by atoms with Gasteiger partial charge in [0, 0.05) is 18.0 Å². The summed E-state index contributed by atoms with van der Waals surface area (Å²) in [4.78, 5) is 12.7. The highest BCUT2D eigenvalue weighted by Crippen LogP contribution is 2.37. The van der Waals surface area contributed by atoms with Gasteiger partial charge >= 0.3 is 0 Å². The minimum absolute atomic E-state index is 0.231. The maximum absolute atomic E-state index is 13.3. The van der Waals surface area contributed by atoms with E-state index in [0.29, 0.717) is 29.0 Å². The molecule has 0 saturated carbocycles. The number of nitrogens with two attached hydrogens (primary N) is 1. The van der Waals surface area contributed by atoms with E-state index in [9.17, 15) is 9.18 Å². The summed E-state index contributed by atoms with van der Waals surface area (Å²) in [6.45, 7) is 4.77. The molecule has 0 bridgehead atoms. The van der Waals surface area contributed by atoms with Gasteiger partial charge in [-0.25, -0.2) is 4.39 Å². The lowest BCUT2D eigenvalue weighted by molar-refractivity contribution is 0.0964. The van der Waals surface area contributed by atoms with E-state index in [0.717, 1.165) is 35.8 Å². The number of furan rings is 1. The lowest BCUT2D eigenvalue weighted by atomic mass is 9.89. The molecule has 0 radical (unpaired) electrons. The van der Waals surface area contributed by atoms with Gasteiger partial charge in [-0.15, -0.1) is 0 Å². The van der Waals surface area contributed by atoms with Crippen LogP contribution in [0, 0.1) is 12.7 Å². The molecule has 0 aliphatic carbocycles. The average molecular weight is 382 g/mol. The normalized spacial score (nSPS) is 12.3. The highest BCUT2D eigenvalue weighted by Gasteiger charge is 2.24. The van der Waals surface area contributed by atoms with Crippen LogP contribution in [-0.2, 0) is 0 Å². The van der Waals surface area contributed by atoms with Crippen LogP contribution in [0.15, 0.2) is 40.8 Å². The molecule has 1 heterocycles. The van der Waals surface area contributed by atoms with Crippen molar-refractivity contribution in [2.45, 2.75) is 39.0 Å². The standard InChI is InChI=1S/C23H27FN2O2/c1-4-5-6-16(13-25)18-12-19-20(11-14(18)2)28-22(21(19)23(27)26-3)15-7-9-17(24)10-8-15/h7-12,16H,4-6,13,25H2,1-3H3,(H,26,27)/t16-/m1/s1. The Morgan fingerprint density at radius 3 is 2.57 bits per heavy atom. The zero-order valence-electron chi connectivity index (χ0n) is 16.6. The summed E-state index contributed by atoms with van der Waals surface area (Å²) in [5, 5.41) is 3.45. The molecule has 2 aromatic carbocycles. The third-order valence-corrected chi connectivity index (χ3v) is 5.27. The SMILES string of the molecule is CCCC[C@H](CN)c1cc2c(C(=O)NC)c(-c3ccc(F)cc3)oc2cc1C. The van der Waals surface area contributed by atoms with Crippen molar-refractivity contribution in [1.29, 1.82) is 0 Å². The van der Waals surface area contributed by atoms with Crippen molar-refractivity contribution in [1.82, 2.24) is 5.32 Å². The van der Waals surface area contributed by atoms with Gasteiger partial charge in [-0.3, -0.25) is 4.79 Å². The van der Waals surface area contributed by atoms with Crippen LogP contribution < -0.4 is 11.1 Å². The number of carbonyl (C=O) groups excluding carboxylic acids is 1. The number of aryl methyl sites for hydroxylation is 1. The summed E-state index contributed by atoms with van der Waals surface area (Å²) in [7, 11) is 1.59. The van der Waals surface area contributed by atoms with E-state index in [-0.39, 0.29) is 17.6 Å². The van der Waals surface area contributed by atoms with Gasteiger partial charge in [0.25, 0.3) is 5.91 Å². The fraction of sp³-hybridized carbons (Fsp3) is 0.348. The van der Waals surface area contributed by atoms with Crippen LogP contribution >= 0.6 is 0 Å². The van der Waals surface area contributed by atoms with Gasteiger partial charge in [0.05, 0.1) is 5.56 Å². The van der Waals surface area contributed by atoms with Gasteiger partial charge in [-0.2, -0.15) is 0 Å². The minimum atomic E-state index is -0.332. The van der Waals surface area contributed by atoms with Crippen LogP contribution in [0.2, 0.25) is 0 Å². The van der Waals surface area contributed by atoms with Crippen molar-refractivity contribution >= 4 is 16.9 Å². The number of unbranched alkanes of at least 4 members (excludes halogenated alkanes) is 1. The number of fused-ring (bicyclic) bond motifs is 1. The van der Waals surface area contributed by atoms with Crippen LogP contribution in [0.25, 0.3) is 22.3 Å². The third kappa shape index (κ3) is 3.80. The molecule has 1 amide bonds. The second-order valence-corrected chi connectivity index (χ2v) is 7.17. The first-order chi connectivity index (χ1) is 13.5. The number of carbonyl (C=O) groups is 1. The Hall–Kier alpha value is -2.66. The van der Waals surface area contributed by atoms with E-state index in [1.165, 1.54) is 12.1 Å². The van der Waals surface area contributed by atoms with E-state index in [1.54, 1.807) is 19.2 Å². The van der Waals surface area contributed by atoms with Gasteiger partial charge in [-0.1, -0.05) is 19.8 Å². The smallest absolute Gasteiger partial charge is 0.255 e. The molecule has 0 saturated heterocycles. The summed E-state index contributed by atoms with van der Waals surface area (Å²) in [6, 6.07) is 9.98. The van der Waals surface area contributed by atoms with Crippen molar-refractivity contribution in [3.8, 4) is 11.3 Å². The molecule has 0 fully saturated rings. The minimum Gasteiger partial charge on any atom is -0.455 e. The Bertz CT molecular complexity index is 976. The summed E-state index contributed by atoms with van der Waals surface area (Å²) in [6.07, 6.45) is 3.23. The molecule has 0 aliphatic rings. The molecule has 0 unspecified atom stereocenters. The number of nitrogens with one attached hydrogen (secondary N) is 1. The van der Waals surface area contributed by atoms with Crippen molar-refractivity contribution < 1.29 is 13.6 Å². The third-order valence-electron chi connectivity index (χ3n) is 5.27. The van der Waals surface area contributed by atoms with Crippen molar-refractivity contribution in [3.63, 3.8) is 0 Å². The number of amides is 1. The van der Waals surface area contributed by atoms with Gasteiger partial charge in [0.2, 0.25) is 0 Å². The van der Waals surface area contributed by atoms with Gasteiger partial charge in [-0.05, 0) is 73.3 Å². The van der Waals surface area contributed by atoms with E-state index >= 15 is 0 Å². The summed E-state index contributed by atoms with van der Waals surface area (Å²) in [5.74, 6) is 0.127. The molecule has 0 spiro atoms. The van der Waals surface area contributed by atoms with Crippen LogP contribution in [0.3, 0.4) is 0 Å². The first-order valence-electron chi connectivity index (χ1n) is 9.75. The summed E-state index contributed by atoms with van der Waals surface area (Å²) in [5.41, 5.74) is 10.1. The number of hydrogen-bond donors (Lipinski definition) is 2. The second-order valence-electron chi connectivity index (χ2n) is 7.17. The predicted molar refractivity (Wildman–Crippen MR) is 111 cm³/mol. The van der Waals surface area contributed by atoms with Crippen molar-refractivity contribution in [2.75, 3.05) is 13.6 Å². The molecule has 3 N–H and O–H groups in total. The Balaban J connectivity index is 2.21. The molecule has 0 aliphatic heterocycles. The molecule has 1 atom stereocenters. The van der Waals surface area contributed by atoms with Gasteiger partial charge < -0.3 is 15.5 Å². The fourth-order valence-electron chi connectivity index (χ4n) is 3.71. The Labute approximate surface area is 164 Å². The number of halogens is 1. The molecule has 4 nitrogen and oxygen atoms in total. The maximum atomic E-state index is 13.3. The first kappa shape index (κ1) is 20.1. The zero-order valence-corrected chi connectivity index (χ0v) is 16.6. The number of benzene rings is 2. The Morgan fingerprint density at radius 2 is 1.96 bits per heavy atom. The Kier molecular flexibility index (Phi) is 6.15. The molecule has 148 valence electrons. The Morgan fingerprint density at radius 1 is 1.25 bits per heavy atom. The summed E-state index contributed by atoms with van der Waals surface area (Å²) >= 11 is 0. The van der Waals surface area contributed by atoms with E-state index in [4.69, 9.17) is 10.2 Å². The van der Waals surface area contributed by atoms with E-state index in [1.807, 2.05) is 19.1 Å². The molecular formula is C23H27FN2O2. The lowest BCUT2D eigenvalue weighted by Gasteiger charge is -2.17. The van der Waals surface area contributed by atoms with E-state index in [2.05, 4.69) is 12.2 Å². The first-order valence-corrected chi connectivity index (χ1v) is 9.75. The average Bonchev–Trinajstić information content (AvgIpc) is 3.06. The van der Waals surface area contributed by atoms with Crippen molar-refractivity contribution in [2.24, 2.45) is 5.73 Å². The van der Waals surface area contributed by atoms with Gasteiger partial charge in [0.1, 0.15) is 17.2 Å². The zero-order chi connectivity index (χ0) is 20.3. The topological polar surface area (TPSA) is 68.3 Å². The summed E-state index contributed by atoms with van der Waals surface area (Å²) < 4.78 is 19.4. The highest BCUT2D eigenvalue weighted by atomic mass is 19.1. The van der Waals surface area contributed by atoms with Gasteiger partial charge in [0.15, 0.2) is 0 Å². The predicted octanol–water partition coefficient (Wildman–Crippen LogP) is 5.14. The monoisotopic (exact) mass is 382 g/mol.